The smallest absolute Gasteiger partial charge is 0.252 e. The van der Waals surface area contributed by atoms with Crippen LogP contribution in [0.5, 0.6) is 0 Å². The molecule has 1 saturated heterocycles. The van der Waals surface area contributed by atoms with Crippen LogP contribution in [0.3, 0.4) is 0 Å². The molecule has 3 aromatic heterocycles. The van der Waals surface area contributed by atoms with Crippen molar-refractivity contribution < 1.29 is 19.7 Å². The lowest BCUT2D eigenvalue weighted by molar-refractivity contribution is -0.137. The van der Waals surface area contributed by atoms with Crippen LogP contribution in [-0.4, -0.2) is 60.5 Å². The molecule has 0 bridgehead atoms. The molecule has 3 aromatic rings. The van der Waals surface area contributed by atoms with Crippen molar-refractivity contribution >= 4 is 34.2 Å². The number of imidazole rings is 1. The highest BCUT2D eigenvalue weighted by molar-refractivity contribution is 7.10. The van der Waals surface area contributed by atoms with Gasteiger partial charge in [-0.1, -0.05) is 6.07 Å². The number of aromatic nitrogens is 4. The molecule has 0 aromatic carbocycles. The van der Waals surface area contributed by atoms with Crippen molar-refractivity contribution in [1.29, 1.82) is 0 Å². The minimum atomic E-state index is -1.40. The van der Waals surface area contributed by atoms with E-state index in [1.165, 1.54) is 22.2 Å². The zero-order valence-electron chi connectivity index (χ0n) is 15.3. The van der Waals surface area contributed by atoms with Gasteiger partial charge in [0.1, 0.15) is 17.7 Å². The lowest BCUT2D eigenvalue weighted by Gasteiger charge is -2.16. The van der Waals surface area contributed by atoms with E-state index in [2.05, 4.69) is 32.1 Å². The number of ether oxygens (including phenoxy) is 1. The third kappa shape index (κ3) is 3.54. The first-order valence-corrected chi connectivity index (χ1v) is 9.72. The largest absolute Gasteiger partial charge is 0.387 e. The molecule has 4 atom stereocenters. The number of anilines is 1. The maximum absolute atomic E-state index is 12.1. The molecular formula is C18H18N6O4S. The van der Waals surface area contributed by atoms with Gasteiger partial charge in [0.2, 0.25) is 5.82 Å². The SMILES string of the molecule is CCNC(=O)C1OC(n2cnc3c(N)nc(C#Cc4cccs4)nc32)C(O)C1O. The van der Waals surface area contributed by atoms with Crippen molar-refractivity contribution in [3.8, 4) is 11.8 Å². The van der Waals surface area contributed by atoms with Crippen molar-refractivity contribution in [2.75, 3.05) is 12.3 Å². The van der Waals surface area contributed by atoms with Gasteiger partial charge in [-0.05, 0) is 30.2 Å². The molecule has 4 heterocycles. The Balaban J connectivity index is 1.70. The predicted molar refractivity (Wildman–Crippen MR) is 105 cm³/mol. The van der Waals surface area contributed by atoms with Crippen LogP contribution in [0.2, 0.25) is 0 Å². The van der Waals surface area contributed by atoms with Gasteiger partial charge in [0.15, 0.2) is 23.8 Å². The van der Waals surface area contributed by atoms with Crippen molar-refractivity contribution in [2.45, 2.75) is 31.5 Å². The van der Waals surface area contributed by atoms with Gasteiger partial charge in [-0.15, -0.1) is 11.3 Å². The summed E-state index contributed by atoms with van der Waals surface area (Å²) in [6, 6.07) is 3.76. The average Bonchev–Trinajstić information content (AvgIpc) is 3.41. The predicted octanol–water partition coefficient (Wildman–Crippen LogP) is -0.375. The molecule has 5 N–H and O–H groups in total. The number of amides is 1. The maximum Gasteiger partial charge on any atom is 0.252 e. The molecule has 1 amide bonds. The first-order valence-electron chi connectivity index (χ1n) is 8.84. The second kappa shape index (κ2) is 7.76. The van der Waals surface area contributed by atoms with Gasteiger partial charge in [0.05, 0.1) is 11.2 Å². The van der Waals surface area contributed by atoms with Crippen LogP contribution in [-0.2, 0) is 9.53 Å². The quantitative estimate of drug-likeness (QED) is 0.424. The van der Waals surface area contributed by atoms with E-state index in [0.717, 1.165) is 4.88 Å². The van der Waals surface area contributed by atoms with Gasteiger partial charge in [0, 0.05) is 6.54 Å². The molecule has 150 valence electrons. The Hall–Kier alpha value is -3.04. The number of nitrogens with two attached hydrogens (primary N) is 1. The molecular weight excluding hydrogens is 396 g/mol. The van der Waals surface area contributed by atoms with Gasteiger partial charge in [-0.3, -0.25) is 9.36 Å². The van der Waals surface area contributed by atoms with Gasteiger partial charge in [0.25, 0.3) is 5.91 Å². The fourth-order valence-corrected chi connectivity index (χ4v) is 3.60. The summed E-state index contributed by atoms with van der Waals surface area (Å²) in [6.45, 7) is 2.12. The number of nitrogens with zero attached hydrogens (tertiary/aromatic N) is 4. The van der Waals surface area contributed by atoms with Gasteiger partial charge in [-0.2, -0.15) is 0 Å². The van der Waals surface area contributed by atoms with E-state index in [-0.39, 0.29) is 17.3 Å². The van der Waals surface area contributed by atoms with Crippen molar-refractivity contribution in [3.05, 3.63) is 34.5 Å². The Morgan fingerprint density at radius 1 is 1.38 bits per heavy atom. The summed E-state index contributed by atoms with van der Waals surface area (Å²) in [5.41, 5.74) is 6.57. The van der Waals surface area contributed by atoms with Crippen LogP contribution in [0.4, 0.5) is 5.82 Å². The monoisotopic (exact) mass is 414 g/mol. The number of carbonyl (C=O) groups is 1. The number of fused-ring (bicyclic) bond motifs is 1. The number of nitrogens with one attached hydrogen (secondary N) is 1. The Morgan fingerprint density at radius 3 is 2.93 bits per heavy atom. The van der Waals surface area contributed by atoms with Crippen LogP contribution < -0.4 is 11.1 Å². The standard InChI is InChI=1S/C18H18N6O4S/c1-2-20-17(27)14-12(25)13(26)18(28-14)24-8-21-11-15(19)22-10(23-16(11)24)6-5-9-4-3-7-29-9/h3-4,7-8,12-14,18,25-26H,2H2,1H3,(H,20,27)(H2,19,22,23). The molecule has 4 unspecified atom stereocenters. The maximum atomic E-state index is 12.1. The van der Waals surface area contributed by atoms with Crippen LogP contribution >= 0.6 is 11.3 Å². The molecule has 0 radical (unpaired) electrons. The van der Waals surface area contributed by atoms with E-state index in [4.69, 9.17) is 10.5 Å². The Morgan fingerprint density at radius 2 is 2.21 bits per heavy atom. The van der Waals surface area contributed by atoms with Gasteiger partial charge < -0.3 is 26.0 Å². The number of hydrogen-bond donors (Lipinski definition) is 4. The summed E-state index contributed by atoms with van der Waals surface area (Å²) >= 11 is 1.49. The second-order valence-electron chi connectivity index (χ2n) is 6.31. The number of likely N-dealkylation sites (N-methyl/N-ethyl adjacent to an activating group) is 1. The van der Waals surface area contributed by atoms with E-state index in [0.29, 0.717) is 12.1 Å². The highest BCUT2D eigenvalue weighted by Crippen LogP contribution is 2.32. The zero-order chi connectivity index (χ0) is 20.5. The molecule has 11 heteroatoms. The first-order chi connectivity index (χ1) is 14.0. The Bertz CT molecular complexity index is 1100. The molecule has 4 rings (SSSR count). The number of aliphatic hydroxyl groups is 2. The molecule has 29 heavy (non-hydrogen) atoms. The van der Waals surface area contributed by atoms with Crippen LogP contribution in [0, 0.1) is 11.8 Å². The number of rotatable bonds is 3. The van der Waals surface area contributed by atoms with Crippen molar-refractivity contribution in [1.82, 2.24) is 24.8 Å². The summed E-state index contributed by atoms with van der Waals surface area (Å²) < 4.78 is 7.04. The van der Waals surface area contributed by atoms with E-state index >= 15 is 0 Å². The number of nitrogen functional groups attached to an aromatic ring is 1. The lowest BCUT2D eigenvalue weighted by atomic mass is 10.1. The summed E-state index contributed by atoms with van der Waals surface area (Å²) in [5, 5.41) is 25.2. The second-order valence-corrected chi connectivity index (χ2v) is 7.25. The van der Waals surface area contributed by atoms with Gasteiger partial charge >= 0.3 is 0 Å². The topological polar surface area (TPSA) is 148 Å². The molecule has 1 fully saturated rings. The highest BCUT2D eigenvalue weighted by Gasteiger charge is 2.47. The fraction of sp³-hybridized carbons (Fsp3) is 0.333. The molecule has 10 nitrogen and oxygen atoms in total. The fourth-order valence-electron chi connectivity index (χ4n) is 3.03. The zero-order valence-corrected chi connectivity index (χ0v) is 16.1. The first kappa shape index (κ1) is 19.3. The molecule has 1 aliphatic heterocycles. The van der Waals surface area contributed by atoms with Gasteiger partial charge in [-0.25, -0.2) is 15.0 Å². The molecule has 0 saturated carbocycles. The molecule has 1 aliphatic rings. The number of carbonyl (C=O) groups excluding carboxylic acids is 1. The summed E-state index contributed by atoms with van der Waals surface area (Å²) in [7, 11) is 0. The molecule has 0 spiro atoms. The number of thiophene rings is 1. The Kier molecular flexibility index (Phi) is 5.16. The highest BCUT2D eigenvalue weighted by atomic mass is 32.1. The van der Waals surface area contributed by atoms with Crippen LogP contribution in [0.15, 0.2) is 23.8 Å². The van der Waals surface area contributed by atoms with Crippen molar-refractivity contribution in [2.24, 2.45) is 0 Å². The summed E-state index contributed by atoms with van der Waals surface area (Å²) in [6.07, 6.45) is -3.69. The number of hydrogen-bond acceptors (Lipinski definition) is 9. The summed E-state index contributed by atoms with van der Waals surface area (Å²) in [5.74, 6) is 5.59. The minimum absolute atomic E-state index is 0.123. The van der Waals surface area contributed by atoms with E-state index in [1.807, 2.05) is 17.5 Å². The third-order valence-corrected chi connectivity index (χ3v) is 5.17. The lowest BCUT2D eigenvalue weighted by Crippen LogP contribution is -2.42. The van der Waals surface area contributed by atoms with E-state index in [1.54, 1.807) is 6.92 Å². The van der Waals surface area contributed by atoms with Crippen LogP contribution in [0.1, 0.15) is 23.9 Å². The normalized spacial score (nSPS) is 23.7. The number of aliphatic hydroxyl groups excluding tert-OH is 2. The Labute approximate surface area is 169 Å². The van der Waals surface area contributed by atoms with E-state index < -0.39 is 30.4 Å². The third-order valence-electron chi connectivity index (χ3n) is 4.39. The van der Waals surface area contributed by atoms with E-state index in [9.17, 15) is 15.0 Å². The average molecular weight is 414 g/mol. The van der Waals surface area contributed by atoms with Crippen molar-refractivity contribution in [3.63, 3.8) is 0 Å². The summed E-state index contributed by atoms with van der Waals surface area (Å²) in [4.78, 5) is 25.6. The molecule has 0 aliphatic carbocycles. The minimum Gasteiger partial charge on any atom is -0.387 e. The van der Waals surface area contributed by atoms with Crippen LogP contribution in [0.25, 0.3) is 11.2 Å².